The molecule has 1 saturated heterocycles. The Morgan fingerprint density at radius 1 is 1.42 bits per heavy atom. The number of nitrogens with zero attached hydrogens (tertiary/aromatic N) is 1. The Labute approximate surface area is 113 Å². The van der Waals surface area contributed by atoms with E-state index in [-0.39, 0.29) is 5.91 Å². The number of hydrogen-bond acceptors (Lipinski definition) is 4. The maximum Gasteiger partial charge on any atom is 0.223 e. The number of benzene rings is 1. The van der Waals surface area contributed by atoms with Crippen LogP contribution in [0.5, 0.6) is 11.5 Å². The highest BCUT2D eigenvalue weighted by atomic mass is 16.5. The topological polar surface area (TPSA) is 64.8 Å². The van der Waals surface area contributed by atoms with Crippen LogP contribution in [0.25, 0.3) is 0 Å². The van der Waals surface area contributed by atoms with Gasteiger partial charge in [-0.2, -0.15) is 0 Å². The summed E-state index contributed by atoms with van der Waals surface area (Å²) in [6, 6.07) is 7.44. The number of amides is 1. The van der Waals surface area contributed by atoms with Gasteiger partial charge >= 0.3 is 0 Å². The molecule has 1 aromatic rings. The highest BCUT2D eigenvalue weighted by Crippen LogP contribution is 2.19. The van der Waals surface area contributed by atoms with Crippen LogP contribution in [0.15, 0.2) is 24.3 Å². The lowest BCUT2D eigenvalue weighted by atomic mass is 10.1. The lowest BCUT2D eigenvalue weighted by molar-refractivity contribution is -0.128. The maximum atomic E-state index is 11.7. The number of hydrogen-bond donors (Lipinski definition) is 1. The number of carbonyl (C=O) groups is 1. The smallest absolute Gasteiger partial charge is 0.223 e. The van der Waals surface area contributed by atoms with Crippen molar-refractivity contribution in [3.05, 3.63) is 24.3 Å². The van der Waals surface area contributed by atoms with Gasteiger partial charge in [0.1, 0.15) is 18.1 Å². The van der Waals surface area contributed by atoms with Crippen molar-refractivity contribution in [2.75, 3.05) is 33.4 Å². The number of rotatable bonds is 6. The van der Waals surface area contributed by atoms with Crippen molar-refractivity contribution < 1.29 is 14.3 Å². The summed E-state index contributed by atoms with van der Waals surface area (Å²) in [6.07, 6.45) is 0.565. The third kappa shape index (κ3) is 3.61. The molecule has 19 heavy (non-hydrogen) atoms. The van der Waals surface area contributed by atoms with Crippen LogP contribution in [-0.4, -0.2) is 44.2 Å². The van der Waals surface area contributed by atoms with Gasteiger partial charge in [-0.25, -0.2) is 0 Å². The van der Waals surface area contributed by atoms with Crippen molar-refractivity contribution in [3.8, 4) is 11.5 Å². The predicted octanol–water partition coefficient (Wildman–Crippen LogP) is 0.881. The van der Waals surface area contributed by atoms with Gasteiger partial charge in [-0.1, -0.05) is 6.07 Å². The molecule has 1 aliphatic heterocycles. The van der Waals surface area contributed by atoms with Crippen molar-refractivity contribution >= 4 is 5.91 Å². The predicted molar refractivity (Wildman–Crippen MR) is 72.2 cm³/mol. The highest BCUT2D eigenvalue weighted by Gasteiger charge is 2.27. The molecule has 1 aliphatic rings. The van der Waals surface area contributed by atoms with Gasteiger partial charge in [0.25, 0.3) is 0 Å². The average Bonchev–Trinajstić information content (AvgIpc) is 2.80. The van der Waals surface area contributed by atoms with Crippen molar-refractivity contribution in [1.29, 1.82) is 0 Å². The van der Waals surface area contributed by atoms with Crippen LogP contribution in [0.3, 0.4) is 0 Å². The van der Waals surface area contributed by atoms with Crippen LogP contribution in [-0.2, 0) is 4.79 Å². The highest BCUT2D eigenvalue weighted by molar-refractivity contribution is 5.78. The van der Waals surface area contributed by atoms with Crippen LogP contribution in [0.2, 0.25) is 0 Å². The van der Waals surface area contributed by atoms with E-state index in [4.69, 9.17) is 15.2 Å². The first-order valence-electron chi connectivity index (χ1n) is 6.47. The second kappa shape index (κ2) is 6.43. The zero-order valence-electron chi connectivity index (χ0n) is 11.2. The van der Waals surface area contributed by atoms with E-state index in [0.29, 0.717) is 32.0 Å². The maximum absolute atomic E-state index is 11.7. The largest absolute Gasteiger partial charge is 0.497 e. The summed E-state index contributed by atoms with van der Waals surface area (Å²) in [6.45, 7) is 2.40. The Hall–Kier alpha value is -1.75. The number of nitrogens with two attached hydrogens (primary N) is 1. The molecule has 0 aliphatic carbocycles. The summed E-state index contributed by atoms with van der Waals surface area (Å²) >= 11 is 0. The Kier molecular flexibility index (Phi) is 4.63. The van der Waals surface area contributed by atoms with E-state index in [1.165, 1.54) is 0 Å². The summed E-state index contributed by atoms with van der Waals surface area (Å²) in [7, 11) is 1.62. The van der Waals surface area contributed by atoms with Gasteiger partial charge in [0.2, 0.25) is 5.91 Å². The van der Waals surface area contributed by atoms with Crippen molar-refractivity contribution in [2.45, 2.75) is 6.42 Å². The summed E-state index contributed by atoms with van der Waals surface area (Å²) in [5.41, 5.74) is 5.59. The minimum atomic E-state index is 0.171. The van der Waals surface area contributed by atoms with E-state index >= 15 is 0 Å². The number of likely N-dealkylation sites (tertiary alicyclic amines) is 1. The summed E-state index contributed by atoms with van der Waals surface area (Å²) < 4.78 is 10.7. The molecule has 1 heterocycles. The fourth-order valence-corrected chi connectivity index (χ4v) is 2.19. The molecule has 1 amide bonds. The lowest BCUT2D eigenvalue weighted by Gasteiger charge is -2.16. The Bertz CT molecular complexity index is 436. The lowest BCUT2D eigenvalue weighted by Crippen LogP contribution is -2.30. The first kappa shape index (κ1) is 13.7. The van der Waals surface area contributed by atoms with Crippen LogP contribution in [0.1, 0.15) is 6.42 Å². The monoisotopic (exact) mass is 264 g/mol. The van der Waals surface area contributed by atoms with Gasteiger partial charge in [0, 0.05) is 19.0 Å². The van der Waals surface area contributed by atoms with Crippen LogP contribution >= 0.6 is 0 Å². The summed E-state index contributed by atoms with van der Waals surface area (Å²) in [5, 5.41) is 0. The van der Waals surface area contributed by atoms with E-state index < -0.39 is 0 Å². The van der Waals surface area contributed by atoms with Crippen LogP contribution in [0, 0.1) is 5.92 Å². The molecule has 0 radical (unpaired) electrons. The molecular weight excluding hydrogens is 244 g/mol. The normalized spacial score (nSPS) is 18.7. The molecule has 0 bridgehead atoms. The number of methoxy groups -OCH3 is 1. The second-order valence-corrected chi connectivity index (χ2v) is 4.67. The molecule has 2 N–H and O–H groups in total. The Morgan fingerprint density at radius 3 is 2.89 bits per heavy atom. The molecule has 104 valence electrons. The molecule has 5 heteroatoms. The van der Waals surface area contributed by atoms with Crippen molar-refractivity contribution in [3.63, 3.8) is 0 Å². The van der Waals surface area contributed by atoms with Gasteiger partial charge < -0.3 is 20.1 Å². The third-order valence-electron chi connectivity index (χ3n) is 3.30. The minimum Gasteiger partial charge on any atom is -0.497 e. The van der Waals surface area contributed by atoms with Gasteiger partial charge in [0.15, 0.2) is 0 Å². The standard InChI is InChI=1S/C14H20N2O3/c1-18-12-3-2-4-13(8-12)19-6-5-16-10-11(9-15)7-14(16)17/h2-4,8,11H,5-7,9-10,15H2,1H3. The van der Waals surface area contributed by atoms with Crippen molar-refractivity contribution in [1.82, 2.24) is 4.90 Å². The molecule has 0 spiro atoms. The molecule has 1 atom stereocenters. The van der Waals surface area contributed by atoms with Gasteiger partial charge in [-0.05, 0) is 24.6 Å². The molecule has 1 unspecified atom stereocenters. The Balaban J connectivity index is 1.78. The molecule has 5 nitrogen and oxygen atoms in total. The van der Waals surface area contributed by atoms with E-state index in [0.717, 1.165) is 18.0 Å². The van der Waals surface area contributed by atoms with Crippen LogP contribution < -0.4 is 15.2 Å². The van der Waals surface area contributed by atoms with Gasteiger partial charge in [0.05, 0.1) is 13.7 Å². The summed E-state index contributed by atoms with van der Waals surface area (Å²) in [4.78, 5) is 13.5. The Morgan fingerprint density at radius 2 is 2.21 bits per heavy atom. The van der Waals surface area contributed by atoms with Crippen molar-refractivity contribution in [2.24, 2.45) is 11.7 Å². The van der Waals surface area contributed by atoms with Gasteiger partial charge in [-0.15, -0.1) is 0 Å². The zero-order valence-corrected chi connectivity index (χ0v) is 11.2. The first-order valence-corrected chi connectivity index (χ1v) is 6.47. The fourth-order valence-electron chi connectivity index (χ4n) is 2.19. The second-order valence-electron chi connectivity index (χ2n) is 4.67. The van der Waals surface area contributed by atoms with Gasteiger partial charge in [-0.3, -0.25) is 4.79 Å². The van der Waals surface area contributed by atoms with Crippen LogP contribution in [0.4, 0.5) is 0 Å². The van der Waals surface area contributed by atoms with E-state index in [2.05, 4.69) is 0 Å². The quantitative estimate of drug-likeness (QED) is 0.828. The number of ether oxygens (including phenoxy) is 2. The summed E-state index contributed by atoms with van der Waals surface area (Å²) in [5.74, 6) is 1.98. The van der Waals surface area contributed by atoms with E-state index in [1.54, 1.807) is 7.11 Å². The van der Waals surface area contributed by atoms with E-state index in [1.807, 2.05) is 29.2 Å². The van der Waals surface area contributed by atoms with E-state index in [9.17, 15) is 4.79 Å². The molecule has 0 aromatic heterocycles. The fraction of sp³-hybridized carbons (Fsp3) is 0.500. The average molecular weight is 264 g/mol. The zero-order chi connectivity index (χ0) is 13.7. The number of carbonyl (C=O) groups excluding carboxylic acids is 1. The SMILES string of the molecule is COc1cccc(OCCN2CC(CN)CC2=O)c1. The third-order valence-corrected chi connectivity index (χ3v) is 3.30. The first-order chi connectivity index (χ1) is 9.22. The minimum absolute atomic E-state index is 0.171. The molecule has 2 rings (SSSR count). The molecule has 0 saturated carbocycles. The molecule has 1 fully saturated rings. The molecule has 1 aromatic carbocycles. The molecular formula is C14H20N2O3.